The zero-order valence-corrected chi connectivity index (χ0v) is 15.2. The molecule has 2 aliphatic carbocycles. The van der Waals surface area contributed by atoms with Crippen molar-refractivity contribution in [1.29, 1.82) is 0 Å². The average molecular weight is 303 g/mol. The molecule has 2 aliphatic rings. The predicted molar refractivity (Wildman–Crippen MR) is 99.0 cm³/mol. The van der Waals surface area contributed by atoms with Crippen molar-refractivity contribution in [2.45, 2.75) is 90.9 Å². The minimum atomic E-state index is 0.883. The summed E-state index contributed by atoms with van der Waals surface area (Å²) in [7, 11) is 0. The van der Waals surface area contributed by atoms with E-state index in [1.165, 1.54) is 77.0 Å². The summed E-state index contributed by atoms with van der Waals surface area (Å²) >= 11 is 0. The van der Waals surface area contributed by atoms with Crippen LogP contribution in [0, 0.1) is 23.7 Å². The van der Waals surface area contributed by atoms with Gasteiger partial charge in [-0.15, -0.1) is 6.58 Å². The van der Waals surface area contributed by atoms with Gasteiger partial charge in [-0.3, -0.25) is 0 Å². The van der Waals surface area contributed by atoms with Crippen LogP contribution in [0.3, 0.4) is 0 Å². The second kappa shape index (κ2) is 9.58. The van der Waals surface area contributed by atoms with Gasteiger partial charge in [0.2, 0.25) is 0 Å². The Morgan fingerprint density at radius 1 is 0.909 bits per heavy atom. The molecule has 126 valence electrons. The Hall–Kier alpha value is -0.520. The molecule has 0 aromatic heterocycles. The molecule has 0 N–H and O–H groups in total. The van der Waals surface area contributed by atoms with Crippen LogP contribution in [-0.2, 0) is 0 Å². The highest BCUT2D eigenvalue weighted by Gasteiger charge is 2.23. The Balaban J connectivity index is 1.73. The first-order valence-corrected chi connectivity index (χ1v) is 10.0. The number of allylic oxidation sites excluding steroid dienone is 3. The highest BCUT2D eigenvalue weighted by molar-refractivity contribution is 5.07. The molecule has 0 heterocycles. The fraction of sp³-hybridized carbons (Fsp3) is 0.818. The third-order valence-electron chi connectivity index (χ3n) is 6.36. The Morgan fingerprint density at radius 2 is 1.50 bits per heavy atom. The Labute approximate surface area is 139 Å². The monoisotopic (exact) mass is 302 g/mol. The number of rotatable bonds is 7. The first-order valence-electron chi connectivity index (χ1n) is 10.0. The van der Waals surface area contributed by atoms with Crippen LogP contribution in [0.15, 0.2) is 24.3 Å². The first kappa shape index (κ1) is 17.8. The molecule has 0 aliphatic heterocycles. The third-order valence-corrected chi connectivity index (χ3v) is 6.36. The third kappa shape index (κ3) is 5.60. The molecule has 0 amide bonds. The zero-order valence-electron chi connectivity index (χ0n) is 15.2. The van der Waals surface area contributed by atoms with Crippen LogP contribution in [0.2, 0.25) is 0 Å². The van der Waals surface area contributed by atoms with Crippen molar-refractivity contribution < 1.29 is 0 Å². The number of hydrogen-bond acceptors (Lipinski definition) is 0. The van der Waals surface area contributed by atoms with E-state index in [0.717, 1.165) is 23.7 Å². The van der Waals surface area contributed by atoms with E-state index in [4.69, 9.17) is 0 Å². The van der Waals surface area contributed by atoms with Crippen LogP contribution in [-0.4, -0.2) is 0 Å². The maximum Gasteiger partial charge on any atom is -0.0206 e. The van der Waals surface area contributed by atoms with Crippen molar-refractivity contribution >= 4 is 0 Å². The summed E-state index contributed by atoms with van der Waals surface area (Å²) < 4.78 is 0. The molecule has 0 heteroatoms. The van der Waals surface area contributed by atoms with Crippen LogP contribution >= 0.6 is 0 Å². The van der Waals surface area contributed by atoms with Gasteiger partial charge in [-0.2, -0.15) is 0 Å². The molecule has 22 heavy (non-hydrogen) atoms. The lowest BCUT2D eigenvalue weighted by atomic mass is 9.75. The van der Waals surface area contributed by atoms with E-state index in [-0.39, 0.29) is 0 Å². The van der Waals surface area contributed by atoms with E-state index in [0.29, 0.717) is 0 Å². The molecule has 2 saturated carbocycles. The first-order chi connectivity index (χ1) is 10.7. The van der Waals surface area contributed by atoms with Gasteiger partial charge in [0.1, 0.15) is 0 Å². The van der Waals surface area contributed by atoms with E-state index in [1.807, 2.05) is 0 Å². The molecule has 0 aromatic rings. The molecular formula is C22H38. The topological polar surface area (TPSA) is 0 Å². The standard InChI is InChI=1S/C22H38/c1-4-6-8-20-9-11-21(12-10-20)17-18(3)22-15-13-19(7-5-2)14-16-22/h4,17,19-22H,1,5-16H2,2-3H3/b18-17+. The summed E-state index contributed by atoms with van der Waals surface area (Å²) in [5, 5.41) is 0. The second-order valence-electron chi connectivity index (χ2n) is 8.06. The maximum atomic E-state index is 3.86. The van der Waals surface area contributed by atoms with Crippen molar-refractivity contribution in [2.24, 2.45) is 23.7 Å². The van der Waals surface area contributed by atoms with E-state index in [1.54, 1.807) is 5.57 Å². The summed E-state index contributed by atoms with van der Waals surface area (Å²) in [4.78, 5) is 0. The van der Waals surface area contributed by atoms with E-state index in [2.05, 4.69) is 32.6 Å². The minimum absolute atomic E-state index is 0.883. The molecule has 0 bridgehead atoms. The van der Waals surface area contributed by atoms with E-state index >= 15 is 0 Å². The van der Waals surface area contributed by atoms with Crippen LogP contribution in [0.5, 0.6) is 0 Å². The summed E-state index contributed by atoms with van der Waals surface area (Å²) in [6.45, 7) is 8.62. The smallest absolute Gasteiger partial charge is 0.0206 e. The fourth-order valence-electron chi connectivity index (χ4n) is 4.82. The molecule has 0 unspecified atom stereocenters. The Bertz CT molecular complexity index is 335. The number of hydrogen-bond donors (Lipinski definition) is 0. The van der Waals surface area contributed by atoms with Crippen molar-refractivity contribution in [3.8, 4) is 0 Å². The summed E-state index contributed by atoms with van der Waals surface area (Å²) in [5.74, 6) is 3.81. The predicted octanol–water partition coefficient (Wildman–Crippen LogP) is 7.31. The Kier molecular flexibility index (Phi) is 7.76. The molecule has 2 rings (SSSR count). The lowest BCUT2D eigenvalue weighted by Gasteiger charge is -2.31. The highest BCUT2D eigenvalue weighted by Crippen LogP contribution is 2.38. The molecule has 0 radical (unpaired) electrons. The Morgan fingerprint density at radius 3 is 2.09 bits per heavy atom. The molecule has 0 atom stereocenters. The lowest BCUT2D eigenvalue weighted by molar-refractivity contribution is 0.278. The van der Waals surface area contributed by atoms with E-state index < -0.39 is 0 Å². The van der Waals surface area contributed by atoms with Gasteiger partial charge in [0, 0.05) is 0 Å². The van der Waals surface area contributed by atoms with Gasteiger partial charge in [0.25, 0.3) is 0 Å². The van der Waals surface area contributed by atoms with Crippen LogP contribution < -0.4 is 0 Å². The summed E-state index contributed by atoms with van der Waals surface area (Å²) in [6.07, 6.45) is 21.8. The van der Waals surface area contributed by atoms with Crippen LogP contribution in [0.4, 0.5) is 0 Å². The van der Waals surface area contributed by atoms with Crippen LogP contribution in [0.25, 0.3) is 0 Å². The van der Waals surface area contributed by atoms with E-state index in [9.17, 15) is 0 Å². The molecule has 0 spiro atoms. The minimum Gasteiger partial charge on any atom is -0.103 e. The van der Waals surface area contributed by atoms with Crippen molar-refractivity contribution in [1.82, 2.24) is 0 Å². The largest absolute Gasteiger partial charge is 0.103 e. The molecular weight excluding hydrogens is 264 g/mol. The van der Waals surface area contributed by atoms with Gasteiger partial charge in [-0.25, -0.2) is 0 Å². The van der Waals surface area contributed by atoms with Gasteiger partial charge in [-0.05, 0) is 94.8 Å². The van der Waals surface area contributed by atoms with Gasteiger partial charge in [-0.1, -0.05) is 37.5 Å². The van der Waals surface area contributed by atoms with Crippen molar-refractivity contribution in [2.75, 3.05) is 0 Å². The van der Waals surface area contributed by atoms with Crippen molar-refractivity contribution in [3.05, 3.63) is 24.3 Å². The van der Waals surface area contributed by atoms with Gasteiger partial charge < -0.3 is 0 Å². The summed E-state index contributed by atoms with van der Waals surface area (Å²) in [5.41, 5.74) is 1.73. The van der Waals surface area contributed by atoms with Crippen molar-refractivity contribution in [3.63, 3.8) is 0 Å². The molecule has 0 aromatic carbocycles. The average Bonchev–Trinajstić information content (AvgIpc) is 2.55. The summed E-state index contributed by atoms with van der Waals surface area (Å²) in [6, 6.07) is 0. The molecule has 0 nitrogen and oxygen atoms in total. The SMILES string of the molecule is C=CCCC1CCC(/C=C(\C)C2CCC(CCC)CC2)CC1. The lowest BCUT2D eigenvalue weighted by Crippen LogP contribution is -2.17. The van der Waals surface area contributed by atoms with Gasteiger partial charge in [0.15, 0.2) is 0 Å². The van der Waals surface area contributed by atoms with Gasteiger partial charge >= 0.3 is 0 Å². The fourth-order valence-corrected chi connectivity index (χ4v) is 4.82. The molecule has 0 saturated heterocycles. The zero-order chi connectivity index (χ0) is 15.8. The normalized spacial score (nSPS) is 33.6. The maximum absolute atomic E-state index is 3.86. The second-order valence-corrected chi connectivity index (χ2v) is 8.06. The molecule has 2 fully saturated rings. The van der Waals surface area contributed by atoms with Gasteiger partial charge in [0.05, 0.1) is 0 Å². The quantitative estimate of drug-likeness (QED) is 0.432. The van der Waals surface area contributed by atoms with Crippen LogP contribution in [0.1, 0.15) is 90.9 Å². The highest BCUT2D eigenvalue weighted by atomic mass is 14.3.